The highest BCUT2D eigenvalue weighted by atomic mass is 32.1. The van der Waals surface area contributed by atoms with Gasteiger partial charge in [-0.2, -0.15) is 179 Å². The van der Waals surface area contributed by atoms with E-state index in [0.717, 1.165) is 0 Å². The summed E-state index contributed by atoms with van der Waals surface area (Å²) in [6, 6.07) is 0. The normalized spacial score (nSPS) is 16.8. The lowest BCUT2D eigenvalue weighted by Gasteiger charge is -2.44. The number of rotatable bonds is 16. The molecule has 0 aliphatic rings. The SMILES string of the molecule is FC(F)(F)C(F)(F)C(F)(F)C(F)(F)C(F)(F)C(F)(F)C(F)(F)C(F)(F)C(F)(F)C(F)(F)S.FC(F)(F)C(F)(F)C(F)(F)C(F)(F)C(F)(F)C(F)(F)C(F)(F)C(F)(F)CCS. The minimum atomic E-state index is -9.15. The van der Waals surface area contributed by atoms with Crippen LogP contribution in [0.5, 0.6) is 0 Å². The van der Waals surface area contributed by atoms with Crippen LogP contribution in [0.25, 0.3) is 0 Å². The predicted molar refractivity (Wildman–Crippen MR) is 119 cm³/mol. The van der Waals surface area contributed by atoms with Gasteiger partial charge in [0.15, 0.2) is 0 Å². The lowest BCUT2D eigenvalue weighted by atomic mass is 9.87. The van der Waals surface area contributed by atoms with Gasteiger partial charge in [-0.25, -0.2) is 0 Å². The maximum atomic E-state index is 13.2. The summed E-state index contributed by atoms with van der Waals surface area (Å²) in [5, 5.41) is -6.83. The lowest BCUT2D eigenvalue weighted by molar-refractivity contribution is -0.471. The van der Waals surface area contributed by atoms with E-state index in [1.807, 2.05) is 0 Å². The van der Waals surface area contributed by atoms with Crippen LogP contribution in [-0.2, 0) is 0 Å². The molecule has 0 aromatic rings. The third kappa shape index (κ3) is 7.96. The highest BCUT2D eigenvalue weighted by Crippen LogP contribution is 2.67. The van der Waals surface area contributed by atoms with Crippen molar-refractivity contribution in [1.82, 2.24) is 0 Å². The maximum Gasteiger partial charge on any atom is 0.460 e. The molecule has 0 saturated carbocycles. The highest BCUT2D eigenvalue weighted by molar-refractivity contribution is 7.81. The Morgan fingerprint density at radius 2 is 0.367 bits per heavy atom. The van der Waals surface area contributed by atoms with Crippen molar-refractivity contribution in [2.75, 3.05) is 5.75 Å². The first-order valence-electron chi connectivity index (χ1n) is 12.6. The summed E-state index contributed by atoms with van der Waals surface area (Å²) in [7, 11) is 0. The Labute approximate surface area is 311 Å². The molecule has 0 rings (SSSR count). The van der Waals surface area contributed by atoms with E-state index in [1.54, 1.807) is 0 Å². The third-order valence-corrected chi connectivity index (χ3v) is 7.21. The molecule has 0 unspecified atom stereocenters. The molecule has 0 saturated heterocycles. The molecule has 0 fully saturated rings. The quantitative estimate of drug-likeness (QED) is 0.112. The molecule has 40 heteroatoms. The molecule has 0 aromatic heterocycles. The molecule has 0 spiro atoms. The van der Waals surface area contributed by atoms with Crippen LogP contribution in [0.3, 0.4) is 0 Å². The molecule has 0 nitrogen and oxygen atoms in total. The van der Waals surface area contributed by atoms with Crippen molar-refractivity contribution in [3.63, 3.8) is 0 Å². The zero-order valence-electron chi connectivity index (χ0n) is 25.7. The van der Waals surface area contributed by atoms with E-state index in [0.29, 0.717) is 0 Å². The summed E-state index contributed by atoms with van der Waals surface area (Å²) < 4.78 is 484. The number of halogens is 38. The van der Waals surface area contributed by atoms with E-state index in [4.69, 9.17) is 0 Å². The molecule has 0 atom stereocenters. The predicted octanol–water partition coefficient (Wildman–Crippen LogP) is 13.5. The summed E-state index contributed by atoms with van der Waals surface area (Å²) in [6.45, 7) is 0. The van der Waals surface area contributed by atoms with Crippen LogP contribution in [0.4, 0.5) is 167 Å². The molecule has 0 amide bonds. The Morgan fingerprint density at radius 1 is 0.217 bits per heavy atom. The van der Waals surface area contributed by atoms with Crippen LogP contribution >= 0.6 is 25.3 Å². The van der Waals surface area contributed by atoms with E-state index >= 15 is 0 Å². The standard InChI is InChI=1S/C10HF21S.C10H5F17S/c11-1(12,3(15,16)5(19,20)7(23,24)9(27,28)29)2(13,14)4(17,18)6(21,22)8(25,26)10(30,31)32;11-3(12,1-2-28)4(13,14)5(15,16)6(17,18)7(19,20)8(21,22)9(23,24)10(25,26)27/h32H;28H,1-2H2. The number of thiol groups is 2. The van der Waals surface area contributed by atoms with Gasteiger partial charge in [0.25, 0.3) is 0 Å². The Balaban J connectivity index is 0. The molecule has 0 aromatic carbocycles. The van der Waals surface area contributed by atoms with Crippen LogP contribution in [-0.4, -0.2) is 112 Å². The summed E-state index contributed by atoms with van der Waals surface area (Å²) in [5.74, 6) is -127. The molecule has 0 bridgehead atoms. The van der Waals surface area contributed by atoms with E-state index in [-0.39, 0.29) is 0 Å². The zero-order valence-corrected chi connectivity index (χ0v) is 27.5. The van der Waals surface area contributed by atoms with E-state index in [9.17, 15) is 167 Å². The fraction of sp³-hybridized carbons (Fsp3) is 1.00. The fourth-order valence-corrected chi connectivity index (χ4v) is 3.46. The number of hydrogen-bond acceptors (Lipinski definition) is 2. The minimum absolute atomic E-state index is 1.28. The van der Waals surface area contributed by atoms with Gasteiger partial charge in [-0.3, -0.25) is 0 Å². The molecule has 0 aliphatic heterocycles. The van der Waals surface area contributed by atoms with Gasteiger partial charge in [-0.05, 0) is 5.75 Å². The van der Waals surface area contributed by atoms with Crippen molar-refractivity contribution >= 4 is 25.3 Å². The number of hydrogen-bond donors (Lipinski definition) is 2. The molecule has 60 heavy (non-hydrogen) atoms. The fourth-order valence-electron chi connectivity index (χ4n) is 3.04. The van der Waals surface area contributed by atoms with Gasteiger partial charge in [-0.15, -0.1) is 0 Å². The van der Waals surface area contributed by atoms with Gasteiger partial charge in [0, 0.05) is 6.42 Å². The first kappa shape index (κ1) is 60.1. The van der Waals surface area contributed by atoms with Crippen LogP contribution in [0.2, 0.25) is 0 Å². The topological polar surface area (TPSA) is 0 Å². The first-order valence-corrected chi connectivity index (χ1v) is 13.7. The van der Waals surface area contributed by atoms with Crippen LogP contribution in [0.1, 0.15) is 6.42 Å². The number of alkyl halides is 38. The second-order valence-corrected chi connectivity index (χ2v) is 11.8. The van der Waals surface area contributed by atoms with Crippen molar-refractivity contribution in [3.05, 3.63) is 0 Å². The Bertz CT molecular complexity index is 1410. The second kappa shape index (κ2) is 15.3. The summed E-state index contributed by atoms with van der Waals surface area (Å²) in [6.07, 6.45) is -18.3. The van der Waals surface area contributed by atoms with Gasteiger partial charge in [-0.1, -0.05) is 12.6 Å². The molecule has 0 N–H and O–H groups in total. The molecular formula is C20H6F38S2. The minimum Gasteiger partial charge on any atom is -0.200 e. The van der Waals surface area contributed by atoms with E-state index < -0.39 is 119 Å². The molecule has 0 aliphatic carbocycles. The summed E-state index contributed by atoms with van der Waals surface area (Å²) in [4.78, 5) is 0. The average Bonchev–Trinajstić information content (AvgIpc) is 2.98. The summed E-state index contributed by atoms with van der Waals surface area (Å²) in [5.41, 5.74) is 0. The van der Waals surface area contributed by atoms with E-state index in [2.05, 4.69) is 12.6 Å². The molecule has 0 heterocycles. The van der Waals surface area contributed by atoms with Crippen molar-refractivity contribution in [2.45, 2.75) is 113 Å². The molecule has 0 radical (unpaired) electrons. The van der Waals surface area contributed by atoms with Gasteiger partial charge in [0.1, 0.15) is 0 Å². The van der Waals surface area contributed by atoms with Crippen LogP contribution in [0, 0.1) is 0 Å². The van der Waals surface area contributed by atoms with Crippen molar-refractivity contribution < 1.29 is 167 Å². The molecular weight excluding hydrogens is 1030 g/mol. The Kier molecular flexibility index (Phi) is 15.4. The largest absolute Gasteiger partial charge is 0.460 e. The Hall–Kier alpha value is -1.96. The monoisotopic (exact) mass is 1030 g/mol. The Morgan fingerprint density at radius 3 is 0.517 bits per heavy atom. The maximum absolute atomic E-state index is 13.2. The van der Waals surface area contributed by atoms with Gasteiger partial charge in [0.05, 0.1) is 0 Å². The third-order valence-electron chi connectivity index (χ3n) is 6.71. The first-order chi connectivity index (χ1) is 25.1. The highest BCUT2D eigenvalue weighted by Gasteiger charge is 2.98. The smallest absolute Gasteiger partial charge is 0.200 e. The molecule has 364 valence electrons. The van der Waals surface area contributed by atoms with Gasteiger partial charge >= 0.3 is 106 Å². The van der Waals surface area contributed by atoms with Crippen LogP contribution in [0.15, 0.2) is 0 Å². The van der Waals surface area contributed by atoms with Gasteiger partial charge < -0.3 is 0 Å². The van der Waals surface area contributed by atoms with E-state index in [1.165, 1.54) is 12.6 Å². The van der Waals surface area contributed by atoms with Crippen molar-refractivity contribution in [1.29, 1.82) is 0 Å². The summed E-state index contributed by atoms with van der Waals surface area (Å²) >= 11 is 4.13. The van der Waals surface area contributed by atoms with Gasteiger partial charge in [0.2, 0.25) is 0 Å². The van der Waals surface area contributed by atoms with Crippen LogP contribution < -0.4 is 0 Å². The second-order valence-electron chi connectivity index (χ2n) is 10.8. The lowest BCUT2D eigenvalue weighted by Crippen LogP contribution is -2.76. The van der Waals surface area contributed by atoms with Crippen molar-refractivity contribution in [2.24, 2.45) is 0 Å². The average molecular weight is 1030 g/mol. The zero-order chi connectivity index (χ0) is 50.4. The van der Waals surface area contributed by atoms with Crippen molar-refractivity contribution in [3.8, 4) is 0 Å².